The lowest BCUT2D eigenvalue weighted by Crippen LogP contribution is -2.33. The van der Waals surface area contributed by atoms with E-state index in [1.165, 1.54) is 57.2 Å². The van der Waals surface area contributed by atoms with Gasteiger partial charge in [-0.1, -0.05) is 13.3 Å². The average molecular weight is 271 g/mol. The van der Waals surface area contributed by atoms with Crippen LogP contribution in [-0.2, 0) is 4.74 Å². The van der Waals surface area contributed by atoms with Crippen molar-refractivity contribution in [2.45, 2.75) is 63.2 Å². The fourth-order valence-corrected chi connectivity index (χ4v) is 4.51. The molecule has 2 fully saturated rings. The molecule has 106 valence electrons. The van der Waals surface area contributed by atoms with Gasteiger partial charge in [-0.05, 0) is 56.7 Å². The molecule has 0 radical (unpaired) electrons. The fourth-order valence-electron chi connectivity index (χ4n) is 3.21. The fraction of sp³-hybridized carbons (Fsp3) is 1.00. The number of nitrogens with one attached hydrogen (secondary N) is 1. The van der Waals surface area contributed by atoms with Crippen LogP contribution in [0, 0.1) is 5.92 Å². The van der Waals surface area contributed by atoms with E-state index in [-0.39, 0.29) is 0 Å². The predicted molar refractivity (Wildman–Crippen MR) is 80.3 cm³/mol. The van der Waals surface area contributed by atoms with E-state index in [4.69, 9.17) is 4.74 Å². The highest BCUT2D eigenvalue weighted by Crippen LogP contribution is 2.31. The lowest BCUT2D eigenvalue weighted by Gasteiger charge is -2.24. The minimum atomic E-state index is 0.820. The standard InChI is InChI=1S/C15H29NOS/c1-2-9-16-15-5-3-4-13(15)8-12-18-14-6-10-17-11-7-14/h13-16H,2-12H2,1H3. The second kappa shape index (κ2) is 8.44. The highest BCUT2D eigenvalue weighted by atomic mass is 32.2. The number of thioether (sulfide) groups is 1. The lowest BCUT2D eigenvalue weighted by molar-refractivity contribution is 0.1000. The van der Waals surface area contributed by atoms with Crippen molar-refractivity contribution in [3.63, 3.8) is 0 Å². The smallest absolute Gasteiger partial charge is 0.0476 e. The zero-order valence-electron chi connectivity index (χ0n) is 11.8. The van der Waals surface area contributed by atoms with Crippen molar-refractivity contribution in [3.8, 4) is 0 Å². The normalized spacial score (nSPS) is 29.8. The Morgan fingerprint density at radius 1 is 1.17 bits per heavy atom. The Balaban J connectivity index is 1.59. The molecule has 0 spiro atoms. The van der Waals surface area contributed by atoms with Gasteiger partial charge in [0.15, 0.2) is 0 Å². The van der Waals surface area contributed by atoms with Crippen LogP contribution >= 0.6 is 11.8 Å². The van der Waals surface area contributed by atoms with E-state index in [1.807, 2.05) is 0 Å². The van der Waals surface area contributed by atoms with Gasteiger partial charge < -0.3 is 10.1 Å². The summed E-state index contributed by atoms with van der Waals surface area (Å²) in [5.41, 5.74) is 0. The Morgan fingerprint density at radius 2 is 2.00 bits per heavy atom. The van der Waals surface area contributed by atoms with Gasteiger partial charge in [0.05, 0.1) is 0 Å². The Hall–Kier alpha value is 0.270. The van der Waals surface area contributed by atoms with Gasteiger partial charge in [0.1, 0.15) is 0 Å². The highest BCUT2D eigenvalue weighted by molar-refractivity contribution is 7.99. The summed E-state index contributed by atoms with van der Waals surface area (Å²) in [4.78, 5) is 0. The molecule has 0 aromatic rings. The minimum Gasteiger partial charge on any atom is -0.381 e. The molecule has 1 aliphatic carbocycles. The van der Waals surface area contributed by atoms with Crippen LogP contribution < -0.4 is 5.32 Å². The summed E-state index contributed by atoms with van der Waals surface area (Å²) < 4.78 is 5.42. The van der Waals surface area contributed by atoms with Gasteiger partial charge in [0.25, 0.3) is 0 Å². The molecule has 2 unspecified atom stereocenters. The summed E-state index contributed by atoms with van der Waals surface area (Å²) in [6.45, 7) is 5.44. The van der Waals surface area contributed by atoms with Crippen molar-refractivity contribution in [3.05, 3.63) is 0 Å². The highest BCUT2D eigenvalue weighted by Gasteiger charge is 2.26. The van der Waals surface area contributed by atoms with Crippen LogP contribution in [0.1, 0.15) is 51.9 Å². The number of ether oxygens (including phenoxy) is 1. The summed E-state index contributed by atoms with van der Waals surface area (Å²) in [5, 5.41) is 4.62. The van der Waals surface area contributed by atoms with E-state index in [0.29, 0.717) is 0 Å². The van der Waals surface area contributed by atoms with Gasteiger partial charge in [-0.25, -0.2) is 0 Å². The molecule has 2 rings (SSSR count). The average Bonchev–Trinajstić information content (AvgIpc) is 2.85. The van der Waals surface area contributed by atoms with E-state index in [0.717, 1.165) is 30.4 Å². The van der Waals surface area contributed by atoms with E-state index in [1.54, 1.807) is 0 Å². The van der Waals surface area contributed by atoms with Crippen LogP contribution in [0.5, 0.6) is 0 Å². The third-order valence-corrected chi connectivity index (χ3v) is 5.74. The lowest BCUT2D eigenvalue weighted by atomic mass is 10.0. The molecule has 0 aromatic carbocycles. The first-order valence-electron chi connectivity index (χ1n) is 7.83. The zero-order valence-corrected chi connectivity index (χ0v) is 12.6. The Bertz CT molecular complexity index is 219. The van der Waals surface area contributed by atoms with Gasteiger partial charge in [-0.2, -0.15) is 11.8 Å². The molecule has 3 heteroatoms. The van der Waals surface area contributed by atoms with Gasteiger partial charge in [0.2, 0.25) is 0 Å². The van der Waals surface area contributed by atoms with Crippen molar-refractivity contribution in [2.75, 3.05) is 25.5 Å². The molecule has 0 amide bonds. The van der Waals surface area contributed by atoms with E-state index >= 15 is 0 Å². The molecule has 2 aliphatic rings. The third-order valence-electron chi connectivity index (χ3n) is 4.33. The summed E-state index contributed by atoms with van der Waals surface area (Å²) in [6, 6.07) is 0.820. The molecule has 18 heavy (non-hydrogen) atoms. The SMILES string of the molecule is CCCNC1CCCC1CCSC1CCOCC1. The zero-order chi connectivity index (χ0) is 12.6. The van der Waals surface area contributed by atoms with Crippen LogP contribution in [0.3, 0.4) is 0 Å². The first-order valence-corrected chi connectivity index (χ1v) is 8.87. The minimum absolute atomic E-state index is 0.820. The summed E-state index contributed by atoms with van der Waals surface area (Å²) in [5.74, 6) is 2.31. The first kappa shape index (κ1) is 14.7. The van der Waals surface area contributed by atoms with Crippen LogP contribution in [0.15, 0.2) is 0 Å². The van der Waals surface area contributed by atoms with Gasteiger partial charge >= 0.3 is 0 Å². The third kappa shape index (κ3) is 4.75. The molecule has 2 nitrogen and oxygen atoms in total. The van der Waals surface area contributed by atoms with Crippen LogP contribution in [0.2, 0.25) is 0 Å². The number of hydrogen-bond donors (Lipinski definition) is 1. The molecule has 2 atom stereocenters. The molecule has 1 heterocycles. The number of hydrogen-bond acceptors (Lipinski definition) is 3. The Morgan fingerprint density at radius 3 is 2.78 bits per heavy atom. The summed E-state index contributed by atoms with van der Waals surface area (Å²) in [6.07, 6.45) is 9.53. The topological polar surface area (TPSA) is 21.3 Å². The van der Waals surface area contributed by atoms with Crippen molar-refractivity contribution in [1.82, 2.24) is 5.32 Å². The van der Waals surface area contributed by atoms with E-state index < -0.39 is 0 Å². The number of rotatable bonds is 7. The van der Waals surface area contributed by atoms with E-state index in [9.17, 15) is 0 Å². The molecule has 0 bridgehead atoms. The second-order valence-electron chi connectivity index (χ2n) is 5.72. The molecule has 1 aliphatic heterocycles. The van der Waals surface area contributed by atoms with Crippen LogP contribution in [0.4, 0.5) is 0 Å². The van der Waals surface area contributed by atoms with Gasteiger partial charge in [-0.15, -0.1) is 0 Å². The second-order valence-corrected chi connectivity index (χ2v) is 7.13. The van der Waals surface area contributed by atoms with Crippen molar-refractivity contribution < 1.29 is 4.74 Å². The van der Waals surface area contributed by atoms with Gasteiger partial charge in [-0.3, -0.25) is 0 Å². The Labute approximate surface area is 117 Å². The summed E-state index contributed by atoms with van der Waals surface area (Å²) in [7, 11) is 0. The first-order chi connectivity index (χ1) is 8.90. The van der Waals surface area contributed by atoms with E-state index in [2.05, 4.69) is 24.0 Å². The van der Waals surface area contributed by atoms with Crippen molar-refractivity contribution in [2.24, 2.45) is 5.92 Å². The van der Waals surface area contributed by atoms with Crippen molar-refractivity contribution >= 4 is 11.8 Å². The van der Waals surface area contributed by atoms with Crippen LogP contribution in [0.25, 0.3) is 0 Å². The maximum absolute atomic E-state index is 5.42. The van der Waals surface area contributed by atoms with Gasteiger partial charge in [0, 0.05) is 24.5 Å². The molecule has 1 N–H and O–H groups in total. The van der Waals surface area contributed by atoms with Crippen molar-refractivity contribution in [1.29, 1.82) is 0 Å². The molecule has 1 saturated heterocycles. The Kier molecular flexibility index (Phi) is 6.88. The van der Waals surface area contributed by atoms with Crippen LogP contribution in [-0.4, -0.2) is 36.8 Å². The predicted octanol–water partition coefficient (Wildman–Crippen LogP) is 3.46. The molecular formula is C15H29NOS. The monoisotopic (exact) mass is 271 g/mol. The maximum atomic E-state index is 5.42. The molecule has 0 aromatic heterocycles. The quantitative estimate of drug-likeness (QED) is 0.766. The largest absolute Gasteiger partial charge is 0.381 e. The molecule has 1 saturated carbocycles. The maximum Gasteiger partial charge on any atom is 0.0476 e. The molecular weight excluding hydrogens is 242 g/mol. The summed E-state index contributed by atoms with van der Waals surface area (Å²) >= 11 is 2.20.